The maximum absolute atomic E-state index is 15.4. The Morgan fingerprint density at radius 1 is 0.830 bits per heavy atom. The van der Waals surface area contributed by atoms with E-state index in [4.69, 9.17) is 16.3 Å². The summed E-state index contributed by atoms with van der Waals surface area (Å²) in [5.41, 5.74) is 1.69. The topological polar surface area (TPSA) is 147 Å². The van der Waals surface area contributed by atoms with E-state index < -0.39 is 63.6 Å². The Hall–Kier alpha value is -6.07. The first-order valence-electron chi connectivity index (χ1n) is 17.3. The van der Waals surface area contributed by atoms with E-state index in [0.717, 1.165) is 10.5 Å². The average Bonchev–Trinajstić information content (AvgIpc) is 3.55. The molecule has 1 N–H and O–H groups in total. The van der Waals surface area contributed by atoms with Crippen molar-refractivity contribution in [1.29, 1.82) is 0 Å². The zero-order valence-corrected chi connectivity index (χ0v) is 28.7. The number of nitro groups is 1. The van der Waals surface area contributed by atoms with Gasteiger partial charge in [0.05, 0.1) is 45.7 Å². The van der Waals surface area contributed by atoms with Crippen molar-refractivity contribution in [1.82, 2.24) is 0 Å². The molecule has 5 aliphatic rings. The molecule has 3 aliphatic heterocycles. The summed E-state index contributed by atoms with van der Waals surface area (Å²) >= 11 is 6.40. The summed E-state index contributed by atoms with van der Waals surface area (Å²) in [4.78, 5) is 72.0. The maximum Gasteiger partial charge on any atom is 0.269 e. The molecule has 0 spiro atoms. The number of non-ortho nitro benzene ring substituents is 1. The highest BCUT2D eigenvalue weighted by Gasteiger charge is 2.70. The van der Waals surface area contributed by atoms with Crippen LogP contribution in [-0.2, 0) is 31.0 Å². The Morgan fingerprint density at radius 3 is 2.34 bits per heavy atom. The zero-order valence-electron chi connectivity index (χ0n) is 27.9. The molecule has 4 aromatic rings. The molecule has 0 bridgehead atoms. The van der Waals surface area contributed by atoms with Crippen molar-refractivity contribution < 1.29 is 33.9 Å². The standard InChI is InChI=1S/C41H30ClN3O8/c42-25-7-4-8-28(19-25)44-38(48)33-20-32-30(14-15-31-35(32)39(49)43(37(31)47)26-9-11-27(12-10-26)45(51)52)36(41(33,40(44)50)24-5-2-1-3-6-24)23-17-22-18-29(46)13-16-34(22)53-21-23/h1-14,16,18-19,21,31-33,35-36,46H,15,17,20H2. The normalized spacial score (nSPS) is 27.3. The van der Waals surface area contributed by atoms with E-state index >= 15 is 4.79 Å². The highest BCUT2D eigenvalue weighted by molar-refractivity contribution is 6.32. The van der Waals surface area contributed by atoms with Gasteiger partial charge in [0.15, 0.2) is 0 Å². The van der Waals surface area contributed by atoms with E-state index in [9.17, 15) is 29.6 Å². The SMILES string of the molecule is O=C1C2CC=C3C(CC4C(=O)N(c5cccc(Cl)c5)C(=O)C4(c4ccccc4)C3C3=COc4ccc(O)cc4C3)C2C(=O)N1c1ccc([N+](=O)[O-])cc1. The summed E-state index contributed by atoms with van der Waals surface area (Å²) in [5, 5.41) is 22.1. The third-order valence-corrected chi connectivity index (χ3v) is 11.9. The van der Waals surface area contributed by atoms with Crippen LogP contribution in [0.4, 0.5) is 17.1 Å². The monoisotopic (exact) mass is 727 g/mol. The second-order valence-corrected chi connectivity index (χ2v) is 14.6. The summed E-state index contributed by atoms with van der Waals surface area (Å²) in [6.45, 7) is 0. The number of amides is 4. The van der Waals surface area contributed by atoms with Gasteiger partial charge in [0, 0.05) is 35.1 Å². The second-order valence-electron chi connectivity index (χ2n) is 14.2. The first kappa shape index (κ1) is 32.8. The van der Waals surface area contributed by atoms with Crippen molar-refractivity contribution in [3.8, 4) is 11.5 Å². The number of ether oxygens (including phenoxy) is 1. The molecule has 0 radical (unpaired) electrons. The van der Waals surface area contributed by atoms with Gasteiger partial charge >= 0.3 is 0 Å². The average molecular weight is 728 g/mol. The fourth-order valence-corrected chi connectivity index (χ4v) is 9.72. The number of fused-ring (bicyclic) bond motifs is 5. The summed E-state index contributed by atoms with van der Waals surface area (Å²) in [7, 11) is 0. The number of hydrogen-bond acceptors (Lipinski definition) is 8. The highest BCUT2D eigenvalue weighted by atomic mass is 35.5. The molecule has 11 nitrogen and oxygen atoms in total. The van der Waals surface area contributed by atoms with Gasteiger partial charge in [-0.05, 0) is 78.4 Å². The largest absolute Gasteiger partial charge is 0.508 e. The lowest BCUT2D eigenvalue weighted by Gasteiger charge is -2.51. The van der Waals surface area contributed by atoms with Gasteiger partial charge in [-0.2, -0.15) is 0 Å². The van der Waals surface area contributed by atoms with Crippen LogP contribution in [-0.4, -0.2) is 33.7 Å². The molecule has 264 valence electrons. The van der Waals surface area contributed by atoms with Crippen LogP contribution >= 0.6 is 11.6 Å². The predicted molar refractivity (Wildman–Crippen MR) is 193 cm³/mol. The molecule has 6 unspecified atom stereocenters. The number of nitro benzene ring substituents is 1. The van der Waals surface area contributed by atoms with Gasteiger partial charge in [0.2, 0.25) is 23.6 Å². The summed E-state index contributed by atoms with van der Waals surface area (Å²) in [6, 6.07) is 25.9. The lowest BCUT2D eigenvalue weighted by Crippen LogP contribution is -2.55. The molecule has 3 fully saturated rings. The Labute approximate surface area is 307 Å². The van der Waals surface area contributed by atoms with Gasteiger partial charge in [-0.3, -0.25) is 34.2 Å². The van der Waals surface area contributed by atoms with Crippen LogP contribution in [0.5, 0.6) is 11.5 Å². The lowest BCUT2D eigenvalue weighted by atomic mass is 9.48. The molecule has 0 aromatic heterocycles. The smallest absolute Gasteiger partial charge is 0.269 e. The third-order valence-electron chi connectivity index (χ3n) is 11.6. The van der Waals surface area contributed by atoms with Crippen LogP contribution in [0.2, 0.25) is 5.02 Å². The van der Waals surface area contributed by atoms with E-state index in [2.05, 4.69) is 0 Å². The predicted octanol–water partition coefficient (Wildman–Crippen LogP) is 6.67. The number of aromatic hydroxyl groups is 1. The molecule has 2 aliphatic carbocycles. The van der Waals surface area contributed by atoms with Crippen LogP contribution in [0.25, 0.3) is 0 Å². The van der Waals surface area contributed by atoms with Gasteiger partial charge in [-0.1, -0.05) is 59.6 Å². The molecule has 12 heteroatoms. The van der Waals surface area contributed by atoms with Gasteiger partial charge in [0.1, 0.15) is 11.5 Å². The lowest BCUT2D eigenvalue weighted by molar-refractivity contribution is -0.384. The molecule has 4 aromatic carbocycles. The fourth-order valence-electron chi connectivity index (χ4n) is 9.54. The fraction of sp³-hybridized carbons (Fsp3) is 0.220. The number of carbonyl (C=O) groups is 4. The minimum Gasteiger partial charge on any atom is -0.508 e. The Balaban J connectivity index is 1.23. The Morgan fingerprint density at radius 2 is 1.60 bits per heavy atom. The number of benzene rings is 4. The molecule has 9 rings (SSSR count). The van der Waals surface area contributed by atoms with E-state index in [1.165, 1.54) is 35.2 Å². The first-order chi connectivity index (χ1) is 25.6. The minimum absolute atomic E-state index is 0.0474. The van der Waals surface area contributed by atoms with Crippen LogP contribution in [0.3, 0.4) is 0 Å². The van der Waals surface area contributed by atoms with E-state index in [1.54, 1.807) is 42.7 Å². The molecule has 1 saturated carbocycles. The van der Waals surface area contributed by atoms with Gasteiger partial charge in [-0.25, -0.2) is 4.90 Å². The third kappa shape index (κ3) is 4.73. The summed E-state index contributed by atoms with van der Waals surface area (Å²) in [5.74, 6) is -5.07. The van der Waals surface area contributed by atoms with Gasteiger partial charge in [-0.15, -0.1) is 0 Å². The molecule has 53 heavy (non-hydrogen) atoms. The number of allylic oxidation sites excluding steroid dienone is 3. The zero-order chi connectivity index (χ0) is 36.8. The molecule has 6 atom stereocenters. The van der Waals surface area contributed by atoms with Crippen molar-refractivity contribution >= 4 is 52.3 Å². The number of halogens is 1. The van der Waals surface area contributed by atoms with Gasteiger partial charge < -0.3 is 9.84 Å². The number of imide groups is 2. The van der Waals surface area contributed by atoms with E-state index in [0.29, 0.717) is 33.2 Å². The van der Waals surface area contributed by atoms with Gasteiger partial charge in [0.25, 0.3) is 5.69 Å². The van der Waals surface area contributed by atoms with Crippen LogP contribution in [0.1, 0.15) is 24.0 Å². The Bertz CT molecular complexity index is 2340. The van der Waals surface area contributed by atoms with Crippen molar-refractivity contribution in [3.05, 3.63) is 147 Å². The first-order valence-corrected chi connectivity index (χ1v) is 17.7. The van der Waals surface area contributed by atoms with Crippen LogP contribution < -0.4 is 14.5 Å². The number of phenols is 1. The number of carbonyl (C=O) groups excluding carboxylic acids is 4. The van der Waals surface area contributed by atoms with Crippen LogP contribution in [0, 0.1) is 39.7 Å². The number of rotatable bonds is 5. The number of anilines is 2. The minimum atomic E-state index is -1.47. The van der Waals surface area contributed by atoms with Crippen molar-refractivity contribution in [2.45, 2.75) is 24.7 Å². The summed E-state index contributed by atoms with van der Waals surface area (Å²) < 4.78 is 6.16. The highest BCUT2D eigenvalue weighted by Crippen LogP contribution is 2.64. The van der Waals surface area contributed by atoms with Crippen molar-refractivity contribution in [2.24, 2.45) is 29.6 Å². The second kappa shape index (κ2) is 12.0. The molecular formula is C41H30ClN3O8. The number of hydrogen-bond donors (Lipinski definition) is 1. The quantitative estimate of drug-likeness (QED) is 0.104. The number of phenolic OH excluding ortho intramolecular Hbond substituents is 1. The maximum atomic E-state index is 15.4. The van der Waals surface area contributed by atoms with Crippen LogP contribution in [0.15, 0.2) is 121 Å². The number of nitrogens with zero attached hydrogens (tertiary/aromatic N) is 3. The summed E-state index contributed by atoms with van der Waals surface area (Å²) in [6.07, 6.45) is 4.18. The van der Waals surface area contributed by atoms with Crippen molar-refractivity contribution in [2.75, 3.05) is 9.80 Å². The molecule has 3 heterocycles. The molecular weight excluding hydrogens is 698 g/mol. The van der Waals surface area contributed by atoms with E-state index in [1.807, 2.05) is 36.4 Å². The van der Waals surface area contributed by atoms with E-state index in [-0.39, 0.29) is 36.4 Å². The molecule has 2 saturated heterocycles. The Kier molecular flexibility index (Phi) is 7.42. The van der Waals surface area contributed by atoms with Crippen molar-refractivity contribution in [3.63, 3.8) is 0 Å². The molecule has 4 amide bonds.